The second-order valence-electron chi connectivity index (χ2n) is 16.9. The fourth-order valence-corrected chi connectivity index (χ4v) is 10.3. The van der Waals surface area contributed by atoms with Gasteiger partial charge in [-0.05, 0) is 148 Å². The van der Waals surface area contributed by atoms with Crippen molar-refractivity contribution in [3.8, 4) is 22.3 Å². The lowest BCUT2D eigenvalue weighted by Crippen LogP contribution is -2.12. The molecule has 0 radical (unpaired) electrons. The van der Waals surface area contributed by atoms with E-state index in [1.807, 2.05) is 0 Å². The molecule has 2 nitrogen and oxygen atoms in total. The minimum Gasteiger partial charge on any atom is -0.309 e. The predicted octanol–water partition coefficient (Wildman–Crippen LogP) is 17.5. The smallest absolute Gasteiger partial charge is 0.0534 e. The van der Waals surface area contributed by atoms with Gasteiger partial charge in [-0.1, -0.05) is 182 Å². The van der Waals surface area contributed by atoms with Crippen LogP contribution in [0.3, 0.4) is 0 Å². The molecule has 0 aliphatic carbocycles. The fourth-order valence-electron chi connectivity index (χ4n) is 10.3. The summed E-state index contributed by atoms with van der Waals surface area (Å²) in [7, 11) is 0. The molecule has 0 saturated heterocycles. The van der Waals surface area contributed by atoms with Crippen LogP contribution in [-0.4, -0.2) is 0 Å². The second-order valence-corrected chi connectivity index (χ2v) is 16.9. The second kappa shape index (κ2) is 14.6. The Morgan fingerprint density at radius 3 is 0.938 bits per heavy atom. The highest BCUT2D eigenvalue weighted by molar-refractivity contribution is 6.23. The Balaban J connectivity index is 1.16. The lowest BCUT2D eigenvalue weighted by Gasteiger charge is -2.29. The molecule has 0 N–H and O–H groups in total. The van der Waals surface area contributed by atoms with Crippen molar-refractivity contribution in [2.24, 2.45) is 0 Å². The van der Waals surface area contributed by atoms with E-state index in [2.05, 4.69) is 252 Å². The molecule has 11 aromatic rings. The van der Waals surface area contributed by atoms with E-state index in [4.69, 9.17) is 0 Å². The zero-order valence-electron chi connectivity index (χ0n) is 35.0. The van der Waals surface area contributed by atoms with E-state index in [0.717, 1.165) is 34.1 Å². The molecule has 2 aliphatic rings. The lowest BCUT2D eigenvalue weighted by molar-refractivity contribution is 1.28. The number of benzene rings is 11. The third-order valence-corrected chi connectivity index (χ3v) is 13.3. The molecule has 0 unspecified atom stereocenters. The molecule has 0 aromatic heterocycles. The molecule has 2 heterocycles. The molecule has 11 aromatic carbocycles. The van der Waals surface area contributed by atoms with Gasteiger partial charge in [0, 0.05) is 11.4 Å². The van der Waals surface area contributed by atoms with Gasteiger partial charge in [0.2, 0.25) is 0 Å². The van der Waals surface area contributed by atoms with E-state index in [0.29, 0.717) is 0 Å². The van der Waals surface area contributed by atoms with Gasteiger partial charge in [0.15, 0.2) is 0 Å². The van der Waals surface area contributed by atoms with E-state index in [1.54, 1.807) is 0 Å². The quantitative estimate of drug-likeness (QED) is 0.163. The van der Waals surface area contributed by atoms with Crippen LogP contribution in [0.1, 0.15) is 22.3 Å². The average molecular weight is 813 g/mol. The maximum Gasteiger partial charge on any atom is 0.0534 e. The van der Waals surface area contributed by atoms with Crippen LogP contribution >= 0.6 is 0 Å². The molecule has 0 atom stereocenters. The molecule has 13 rings (SSSR count). The summed E-state index contributed by atoms with van der Waals surface area (Å²) in [5.41, 5.74) is 16.4. The summed E-state index contributed by atoms with van der Waals surface area (Å²) < 4.78 is 0. The Morgan fingerprint density at radius 1 is 0.234 bits per heavy atom. The van der Waals surface area contributed by atoms with Gasteiger partial charge in [0.25, 0.3) is 0 Å². The summed E-state index contributed by atoms with van der Waals surface area (Å²) in [5, 5.41) is 9.73. The molecule has 0 saturated carbocycles. The maximum atomic E-state index is 2.45. The summed E-state index contributed by atoms with van der Waals surface area (Å²) in [4.78, 5) is 4.89. The van der Waals surface area contributed by atoms with Gasteiger partial charge >= 0.3 is 0 Å². The van der Waals surface area contributed by atoms with E-state index in [-0.39, 0.29) is 0 Å². The summed E-state index contributed by atoms with van der Waals surface area (Å²) in [6.07, 6.45) is 8.98. The van der Waals surface area contributed by atoms with Gasteiger partial charge in [0.1, 0.15) is 0 Å². The molecular formula is C62H40N2. The normalized spacial score (nSPS) is 12.8. The first-order chi connectivity index (χ1) is 31.7. The van der Waals surface area contributed by atoms with Crippen LogP contribution < -0.4 is 9.80 Å². The van der Waals surface area contributed by atoms with Crippen LogP contribution in [-0.2, 0) is 0 Å². The Kier molecular flexibility index (Phi) is 8.25. The summed E-state index contributed by atoms with van der Waals surface area (Å²) in [6, 6.07) is 80.6. The van der Waals surface area contributed by atoms with Gasteiger partial charge in [0.05, 0.1) is 22.7 Å². The van der Waals surface area contributed by atoms with E-state index >= 15 is 0 Å². The largest absolute Gasteiger partial charge is 0.309 e. The van der Waals surface area contributed by atoms with Crippen molar-refractivity contribution in [3.63, 3.8) is 0 Å². The third-order valence-electron chi connectivity index (χ3n) is 13.3. The van der Waals surface area contributed by atoms with Gasteiger partial charge < -0.3 is 9.80 Å². The zero-order valence-corrected chi connectivity index (χ0v) is 35.0. The molecule has 64 heavy (non-hydrogen) atoms. The Hall–Kier alpha value is -8.46. The monoisotopic (exact) mass is 812 g/mol. The Bertz CT molecular complexity index is 3410. The highest BCUT2D eigenvalue weighted by atomic mass is 15.2. The van der Waals surface area contributed by atoms with Gasteiger partial charge in [-0.2, -0.15) is 0 Å². The Morgan fingerprint density at radius 2 is 0.562 bits per heavy atom. The molecule has 0 spiro atoms. The van der Waals surface area contributed by atoms with Crippen LogP contribution in [0.5, 0.6) is 0 Å². The molecule has 0 amide bonds. The number of hydrogen-bond acceptors (Lipinski definition) is 2. The standard InChI is InChI=1S/C62H40N2/c1-3-19-47-37-49(31-25-41(47)13-1)61-53-35-33-52(64-59-23-11-7-17-45(59)29-30-46-18-8-12-24-60(46)64)40-56(53)62(50-32-26-42-14-2-4-20-48(42)38-50)54-36-34-51(39-55(54)61)63-57-21-9-5-15-43(57)27-28-44-16-6-10-22-58(44)63/h1-40H. The predicted molar refractivity (Wildman–Crippen MR) is 275 cm³/mol. The van der Waals surface area contributed by atoms with Gasteiger partial charge in [-0.15, -0.1) is 0 Å². The lowest BCUT2D eigenvalue weighted by atomic mass is 9.84. The molecule has 298 valence electrons. The van der Waals surface area contributed by atoms with Crippen molar-refractivity contribution in [3.05, 3.63) is 241 Å². The van der Waals surface area contributed by atoms with Crippen LogP contribution in [0, 0.1) is 0 Å². The number of anilines is 6. The van der Waals surface area contributed by atoms with Crippen molar-refractivity contribution in [1.29, 1.82) is 0 Å². The number of fused-ring (bicyclic) bond motifs is 8. The highest BCUT2D eigenvalue weighted by Gasteiger charge is 2.25. The van der Waals surface area contributed by atoms with Crippen LogP contribution in [0.15, 0.2) is 218 Å². The molecule has 2 aliphatic heterocycles. The highest BCUT2D eigenvalue weighted by Crippen LogP contribution is 2.51. The molecule has 0 fully saturated rings. The number of rotatable bonds is 4. The van der Waals surface area contributed by atoms with Crippen LogP contribution in [0.25, 0.3) is 89.6 Å². The average Bonchev–Trinajstić information content (AvgIpc) is 3.63. The molecular weight excluding hydrogens is 773 g/mol. The Labute approximate surface area is 372 Å². The SMILES string of the molecule is C1=Cc2ccccc2N(c2ccc3c(-c4ccc5ccccc5c4)c4cc(N5c6ccccc6C=Cc6ccccc65)ccc4c(-c4ccc5ccccc5c4)c3c2)c2ccccc21. The minimum absolute atomic E-state index is 1.11. The van der Waals surface area contributed by atoms with Gasteiger partial charge in [-0.3, -0.25) is 0 Å². The van der Waals surface area contributed by atoms with Crippen LogP contribution in [0.2, 0.25) is 0 Å². The fraction of sp³-hybridized carbons (Fsp3) is 0. The maximum absolute atomic E-state index is 2.45. The van der Waals surface area contributed by atoms with Crippen molar-refractivity contribution >= 4 is 102 Å². The molecule has 2 heteroatoms. The number of para-hydroxylation sites is 4. The first kappa shape index (κ1) is 36.2. The minimum atomic E-state index is 1.11. The summed E-state index contributed by atoms with van der Waals surface area (Å²) in [5.74, 6) is 0. The van der Waals surface area contributed by atoms with Crippen molar-refractivity contribution in [2.45, 2.75) is 0 Å². The van der Waals surface area contributed by atoms with E-state index < -0.39 is 0 Å². The first-order valence-electron chi connectivity index (χ1n) is 22.1. The third kappa shape index (κ3) is 5.81. The van der Waals surface area contributed by atoms with E-state index in [9.17, 15) is 0 Å². The van der Waals surface area contributed by atoms with Crippen molar-refractivity contribution < 1.29 is 0 Å². The number of hydrogen-bond donors (Lipinski definition) is 0. The summed E-state index contributed by atoms with van der Waals surface area (Å²) in [6.45, 7) is 0. The molecule has 0 bridgehead atoms. The zero-order chi connectivity index (χ0) is 42.1. The number of nitrogens with zero attached hydrogens (tertiary/aromatic N) is 2. The first-order valence-corrected chi connectivity index (χ1v) is 22.1. The van der Waals surface area contributed by atoms with Crippen LogP contribution in [0.4, 0.5) is 34.1 Å². The van der Waals surface area contributed by atoms with Crippen molar-refractivity contribution in [1.82, 2.24) is 0 Å². The van der Waals surface area contributed by atoms with Gasteiger partial charge in [-0.25, -0.2) is 0 Å². The summed E-state index contributed by atoms with van der Waals surface area (Å²) >= 11 is 0. The van der Waals surface area contributed by atoms with Crippen molar-refractivity contribution in [2.75, 3.05) is 9.80 Å². The van der Waals surface area contributed by atoms with E-state index in [1.165, 1.54) is 87.6 Å². The topological polar surface area (TPSA) is 6.48 Å².